The monoisotopic (exact) mass is 267 g/mol. The number of nitrogens with two attached hydrogens (primary N) is 1. The van der Waals surface area contributed by atoms with Gasteiger partial charge in [-0.1, -0.05) is 12.2 Å². The van der Waals surface area contributed by atoms with Crippen molar-refractivity contribution < 1.29 is 4.74 Å². The van der Waals surface area contributed by atoms with Crippen molar-refractivity contribution in [2.24, 2.45) is 5.73 Å². The number of rotatable bonds is 7. The van der Waals surface area contributed by atoms with Gasteiger partial charge in [0.15, 0.2) is 0 Å². The van der Waals surface area contributed by atoms with Gasteiger partial charge in [0.05, 0.1) is 12.2 Å². The largest absolute Gasteiger partial charge is 0.389 e. The van der Waals surface area contributed by atoms with E-state index < -0.39 is 0 Å². The summed E-state index contributed by atoms with van der Waals surface area (Å²) in [4.78, 5) is 7.07. The van der Waals surface area contributed by atoms with Gasteiger partial charge in [0.25, 0.3) is 0 Å². The van der Waals surface area contributed by atoms with Gasteiger partial charge in [-0.3, -0.25) is 0 Å². The van der Waals surface area contributed by atoms with E-state index in [0.717, 1.165) is 36.8 Å². The number of likely N-dealkylation sites (N-methyl/N-ethyl adjacent to an activating group) is 1. The van der Waals surface area contributed by atoms with E-state index >= 15 is 0 Å². The van der Waals surface area contributed by atoms with E-state index in [-0.39, 0.29) is 0 Å². The minimum absolute atomic E-state index is 0.382. The summed E-state index contributed by atoms with van der Waals surface area (Å²) < 4.78 is 5.38. The molecule has 18 heavy (non-hydrogen) atoms. The van der Waals surface area contributed by atoms with Crippen LogP contribution in [0.15, 0.2) is 12.1 Å². The fourth-order valence-electron chi connectivity index (χ4n) is 1.71. The van der Waals surface area contributed by atoms with Crippen LogP contribution >= 0.6 is 12.2 Å². The molecule has 0 aromatic carbocycles. The summed E-state index contributed by atoms with van der Waals surface area (Å²) >= 11 is 5.08. The first kappa shape index (κ1) is 14.9. The highest BCUT2D eigenvalue weighted by molar-refractivity contribution is 7.80. The number of hydrogen-bond donors (Lipinski definition) is 1. The molecule has 0 amide bonds. The summed E-state index contributed by atoms with van der Waals surface area (Å²) in [6.07, 6.45) is 0. The molecule has 5 heteroatoms. The highest BCUT2D eigenvalue weighted by Gasteiger charge is 2.13. The van der Waals surface area contributed by atoms with Crippen LogP contribution in [0, 0.1) is 6.92 Å². The molecule has 0 fully saturated rings. The maximum atomic E-state index is 5.75. The zero-order valence-corrected chi connectivity index (χ0v) is 12.1. The van der Waals surface area contributed by atoms with Gasteiger partial charge in [0.2, 0.25) is 0 Å². The zero-order valence-electron chi connectivity index (χ0n) is 11.3. The molecule has 0 aliphatic heterocycles. The smallest absolute Gasteiger partial charge is 0.139 e. The molecule has 0 saturated heterocycles. The van der Waals surface area contributed by atoms with E-state index in [1.807, 2.05) is 26.0 Å². The Labute approximate surface area is 114 Å². The van der Waals surface area contributed by atoms with Crippen molar-refractivity contribution in [2.45, 2.75) is 20.8 Å². The first-order valence-electron chi connectivity index (χ1n) is 6.20. The predicted octanol–water partition coefficient (Wildman–Crippen LogP) is 1.89. The molecule has 0 atom stereocenters. The Kier molecular flexibility index (Phi) is 6.01. The number of aryl methyl sites for hydroxylation is 1. The van der Waals surface area contributed by atoms with Crippen LogP contribution in [0.2, 0.25) is 0 Å². The Morgan fingerprint density at radius 1 is 1.44 bits per heavy atom. The Bertz CT molecular complexity index is 409. The number of ether oxygens (including phenoxy) is 1. The predicted molar refractivity (Wildman–Crippen MR) is 79.2 cm³/mol. The fourth-order valence-corrected chi connectivity index (χ4v) is 1.87. The van der Waals surface area contributed by atoms with Crippen LogP contribution in [0.4, 0.5) is 5.82 Å². The van der Waals surface area contributed by atoms with Crippen LogP contribution < -0.4 is 10.6 Å². The van der Waals surface area contributed by atoms with Crippen molar-refractivity contribution in [1.82, 2.24) is 4.98 Å². The SMILES string of the molecule is CCOCCN(CC)c1nc(C)ccc1C(N)=S. The molecule has 2 N–H and O–H groups in total. The number of hydrogen-bond acceptors (Lipinski definition) is 4. The molecule has 0 unspecified atom stereocenters. The summed E-state index contributed by atoms with van der Waals surface area (Å²) in [5.74, 6) is 0.852. The van der Waals surface area contributed by atoms with Crippen LogP contribution in [0.5, 0.6) is 0 Å². The highest BCUT2D eigenvalue weighted by atomic mass is 32.1. The first-order chi connectivity index (χ1) is 8.60. The summed E-state index contributed by atoms with van der Waals surface area (Å²) in [7, 11) is 0. The molecule has 1 rings (SSSR count). The maximum absolute atomic E-state index is 5.75. The summed E-state index contributed by atoms with van der Waals surface area (Å²) in [5, 5.41) is 0. The third-order valence-electron chi connectivity index (χ3n) is 2.67. The lowest BCUT2D eigenvalue weighted by Gasteiger charge is -2.24. The van der Waals surface area contributed by atoms with Gasteiger partial charge in [-0.2, -0.15) is 0 Å². The molecule has 1 heterocycles. The van der Waals surface area contributed by atoms with Gasteiger partial charge in [0, 0.05) is 25.4 Å². The molecule has 0 aliphatic carbocycles. The topological polar surface area (TPSA) is 51.4 Å². The minimum atomic E-state index is 0.382. The fraction of sp³-hybridized carbons (Fsp3) is 0.538. The van der Waals surface area contributed by atoms with Gasteiger partial charge in [-0.05, 0) is 32.9 Å². The number of pyridine rings is 1. The normalized spacial score (nSPS) is 10.4. The van der Waals surface area contributed by atoms with Gasteiger partial charge >= 0.3 is 0 Å². The summed E-state index contributed by atoms with van der Waals surface area (Å²) in [6, 6.07) is 3.86. The molecule has 1 aromatic heterocycles. The molecule has 4 nitrogen and oxygen atoms in total. The molecule has 0 aliphatic rings. The van der Waals surface area contributed by atoms with E-state index in [9.17, 15) is 0 Å². The van der Waals surface area contributed by atoms with Crippen molar-refractivity contribution in [3.8, 4) is 0 Å². The maximum Gasteiger partial charge on any atom is 0.139 e. The number of aromatic nitrogens is 1. The standard InChI is InChI=1S/C13H21N3OS/c1-4-16(8-9-17-5-2)13-11(12(14)18)7-6-10(3)15-13/h6-7H,4-5,8-9H2,1-3H3,(H2,14,18). The van der Waals surface area contributed by atoms with Crippen LogP contribution in [0.3, 0.4) is 0 Å². The molecule has 1 aromatic rings. The number of anilines is 1. The Hall–Kier alpha value is -1.20. The number of nitrogens with zero attached hydrogens (tertiary/aromatic N) is 2. The van der Waals surface area contributed by atoms with Crippen molar-refractivity contribution in [3.63, 3.8) is 0 Å². The van der Waals surface area contributed by atoms with E-state index in [1.54, 1.807) is 0 Å². The molecule has 0 radical (unpaired) electrons. The molecule has 100 valence electrons. The summed E-state index contributed by atoms with van der Waals surface area (Å²) in [5.41, 5.74) is 7.53. The first-order valence-corrected chi connectivity index (χ1v) is 6.61. The molecule has 0 spiro atoms. The second kappa shape index (κ2) is 7.28. The lowest BCUT2D eigenvalue weighted by atomic mass is 10.2. The van der Waals surface area contributed by atoms with Gasteiger partial charge in [-0.25, -0.2) is 4.98 Å². The average Bonchev–Trinajstić information content (AvgIpc) is 2.34. The van der Waals surface area contributed by atoms with Gasteiger partial charge in [-0.15, -0.1) is 0 Å². The molecular formula is C13H21N3OS. The minimum Gasteiger partial charge on any atom is -0.389 e. The lowest BCUT2D eigenvalue weighted by Crippen LogP contribution is -2.30. The lowest BCUT2D eigenvalue weighted by molar-refractivity contribution is 0.154. The van der Waals surface area contributed by atoms with Crippen molar-refractivity contribution >= 4 is 23.0 Å². The van der Waals surface area contributed by atoms with Gasteiger partial charge < -0.3 is 15.4 Å². The Morgan fingerprint density at radius 2 is 2.17 bits per heavy atom. The third kappa shape index (κ3) is 3.92. The summed E-state index contributed by atoms with van der Waals surface area (Å²) in [6.45, 7) is 9.07. The number of thiocarbonyl (C=S) groups is 1. The van der Waals surface area contributed by atoms with E-state index in [2.05, 4.69) is 16.8 Å². The van der Waals surface area contributed by atoms with Crippen LogP contribution in [-0.2, 0) is 4.74 Å². The van der Waals surface area contributed by atoms with Crippen LogP contribution in [0.25, 0.3) is 0 Å². The van der Waals surface area contributed by atoms with E-state index in [0.29, 0.717) is 11.6 Å². The van der Waals surface area contributed by atoms with Crippen molar-refractivity contribution in [2.75, 3.05) is 31.2 Å². The van der Waals surface area contributed by atoms with Crippen LogP contribution in [-0.4, -0.2) is 36.3 Å². The highest BCUT2D eigenvalue weighted by Crippen LogP contribution is 2.18. The second-order valence-electron chi connectivity index (χ2n) is 3.96. The Balaban J connectivity index is 2.95. The van der Waals surface area contributed by atoms with Crippen LogP contribution in [0.1, 0.15) is 25.1 Å². The van der Waals surface area contributed by atoms with Gasteiger partial charge in [0.1, 0.15) is 10.8 Å². The second-order valence-corrected chi connectivity index (χ2v) is 4.40. The van der Waals surface area contributed by atoms with Crippen molar-refractivity contribution in [1.29, 1.82) is 0 Å². The zero-order chi connectivity index (χ0) is 13.5. The Morgan fingerprint density at radius 3 is 2.72 bits per heavy atom. The average molecular weight is 267 g/mol. The molecule has 0 saturated carbocycles. The molecular weight excluding hydrogens is 246 g/mol. The molecule has 0 bridgehead atoms. The van der Waals surface area contributed by atoms with Crippen molar-refractivity contribution in [3.05, 3.63) is 23.4 Å². The van der Waals surface area contributed by atoms with E-state index in [1.165, 1.54) is 0 Å². The third-order valence-corrected chi connectivity index (χ3v) is 2.89. The van der Waals surface area contributed by atoms with E-state index in [4.69, 9.17) is 22.7 Å². The quantitative estimate of drug-likeness (QED) is 0.604.